The minimum Gasteiger partial charge on any atom is -0.478 e. The molecule has 1 unspecified atom stereocenters. The van der Waals surface area contributed by atoms with Gasteiger partial charge in [-0.05, 0) is 30.2 Å². The molecule has 8 nitrogen and oxygen atoms in total. The van der Waals surface area contributed by atoms with Crippen molar-refractivity contribution in [1.29, 1.82) is 5.26 Å². The van der Waals surface area contributed by atoms with Crippen LogP contribution in [0.3, 0.4) is 0 Å². The molecule has 4 aromatic rings. The van der Waals surface area contributed by atoms with Crippen LogP contribution < -0.4 is 0 Å². The largest absolute Gasteiger partial charge is 0.478 e. The molecule has 3 heterocycles. The Morgan fingerprint density at radius 3 is 3.00 bits per heavy atom. The molecule has 1 atom stereocenters. The molecular weight excluding hydrogens is 356 g/mol. The van der Waals surface area contributed by atoms with Gasteiger partial charge in [-0.2, -0.15) is 10.4 Å². The molecule has 0 aliphatic carbocycles. The first kappa shape index (κ1) is 17.4. The molecule has 28 heavy (non-hydrogen) atoms. The van der Waals surface area contributed by atoms with Gasteiger partial charge in [0.15, 0.2) is 0 Å². The van der Waals surface area contributed by atoms with Crippen LogP contribution in [0.5, 0.6) is 0 Å². The summed E-state index contributed by atoms with van der Waals surface area (Å²) in [7, 11) is 0. The summed E-state index contributed by atoms with van der Waals surface area (Å²) in [4.78, 5) is 23.1. The van der Waals surface area contributed by atoms with Gasteiger partial charge in [-0.25, -0.2) is 14.8 Å². The maximum absolute atomic E-state index is 11.5. The highest BCUT2D eigenvalue weighted by Crippen LogP contribution is 2.30. The lowest BCUT2D eigenvalue weighted by molar-refractivity contribution is 0.0696. The molecule has 0 bridgehead atoms. The Balaban J connectivity index is 1.79. The van der Waals surface area contributed by atoms with E-state index in [0.717, 1.165) is 27.9 Å². The number of benzene rings is 1. The number of nitriles is 1. The molecule has 0 aliphatic heterocycles. The number of fused-ring (bicyclic) bond motifs is 1. The Morgan fingerprint density at radius 1 is 1.36 bits per heavy atom. The molecule has 0 saturated heterocycles. The molecule has 3 aromatic heterocycles. The Kier molecular flexibility index (Phi) is 4.33. The zero-order chi connectivity index (χ0) is 19.7. The number of aromatic nitrogens is 5. The summed E-state index contributed by atoms with van der Waals surface area (Å²) in [6.45, 7) is 1.75. The van der Waals surface area contributed by atoms with E-state index in [0.29, 0.717) is 5.56 Å². The lowest BCUT2D eigenvalue weighted by Gasteiger charge is -2.18. The van der Waals surface area contributed by atoms with Crippen LogP contribution in [0.4, 0.5) is 0 Å². The highest BCUT2D eigenvalue weighted by molar-refractivity contribution is 5.90. The first-order valence-corrected chi connectivity index (χ1v) is 8.62. The van der Waals surface area contributed by atoms with Crippen molar-refractivity contribution < 1.29 is 9.90 Å². The molecule has 0 spiro atoms. The Labute approximate surface area is 160 Å². The van der Waals surface area contributed by atoms with Gasteiger partial charge in [0.25, 0.3) is 0 Å². The van der Waals surface area contributed by atoms with E-state index < -0.39 is 12.0 Å². The van der Waals surface area contributed by atoms with Gasteiger partial charge in [-0.3, -0.25) is 4.68 Å². The third kappa shape index (κ3) is 2.89. The molecular formula is C20H16N6O2. The van der Waals surface area contributed by atoms with E-state index in [1.54, 1.807) is 36.1 Å². The lowest BCUT2D eigenvalue weighted by Crippen LogP contribution is -2.14. The van der Waals surface area contributed by atoms with Gasteiger partial charge in [-0.1, -0.05) is 12.1 Å². The van der Waals surface area contributed by atoms with Gasteiger partial charge in [0.2, 0.25) is 0 Å². The lowest BCUT2D eigenvalue weighted by atomic mass is 9.95. The van der Waals surface area contributed by atoms with Crippen molar-refractivity contribution in [3.63, 3.8) is 0 Å². The number of carbonyl (C=O) groups is 1. The number of nitrogens with zero attached hydrogens (tertiary/aromatic N) is 5. The zero-order valence-electron chi connectivity index (χ0n) is 15.0. The van der Waals surface area contributed by atoms with Gasteiger partial charge in [0, 0.05) is 23.3 Å². The van der Waals surface area contributed by atoms with Crippen molar-refractivity contribution in [2.75, 3.05) is 0 Å². The van der Waals surface area contributed by atoms with Crippen LogP contribution in [0, 0.1) is 18.3 Å². The number of hydrogen-bond donors (Lipinski definition) is 2. The van der Waals surface area contributed by atoms with Crippen LogP contribution in [-0.4, -0.2) is 35.8 Å². The molecule has 0 fully saturated rings. The molecule has 0 saturated carbocycles. The fourth-order valence-electron chi connectivity index (χ4n) is 3.41. The summed E-state index contributed by atoms with van der Waals surface area (Å²) in [5.74, 6) is -0.993. The third-order valence-electron chi connectivity index (χ3n) is 4.80. The third-order valence-corrected chi connectivity index (χ3v) is 4.80. The van der Waals surface area contributed by atoms with E-state index in [9.17, 15) is 15.2 Å². The number of carboxylic acid groups (broad SMARTS) is 1. The summed E-state index contributed by atoms with van der Waals surface area (Å²) in [5.41, 5.74) is 3.87. The Bertz CT molecular complexity index is 1220. The standard InChI is InChI=1S/C20H16N6O2/c1-12-14(3-2-4-15(12)20(27)28)17(5-7-21)26-10-13(9-25-26)18-16-6-8-22-19(16)24-11-23-18/h2-4,6,8-11,17H,5H2,1H3,(H,27,28)(H,22,23,24). The molecule has 2 N–H and O–H groups in total. The quantitative estimate of drug-likeness (QED) is 0.554. The number of rotatable bonds is 5. The molecule has 1 aromatic carbocycles. The predicted molar refractivity (Wildman–Crippen MR) is 102 cm³/mol. The fraction of sp³-hybridized carbons (Fsp3) is 0.150. The normalized spacial score (nSPS) is 12.0. The smallest absolute Gasteiger partial charge is 0.335 e. The number of nitrogens with one attached hydrogen (secondary N) is 1. The molecule has 0 radical (unpaired) electrons. The van der Waals surface area contributed by atoms with Gasteiger partial charge in [-0.15, -0.1) is 0 Å². The summed E-state index contributed by atoms with van der Waals surface area (Å²) in [6.07, 6.45) is 6.96. The number of aromatic amines is 1. The molecule has 0 amide bonds. The van der Waals surface area contributed by atoms with E-state index in [2.05, 4.69) is 26.1 Å². The van der Waals surface area contributed by atoms with Crippen LogP contribution in [0.25, 0.3) is 22.3 Å². The SMILES string of the molecule is Cc1c(C(=O)O)cccc1C(CC#N)n1cc(-c2ncnc3[nH]ccc23)cn1. The second-order valence-electron chi connectivity index (χ2n) is 6.37. The molecule has 8 heteroatoms. The summed E-state index contributed by atoms with van der Waals surface area (Å²) >= 11 is 0. The summed E-state index contributed by atoms with van der Waals surface area (Å²) in [6, 6.07) is 8.75. The average molecular weight is 372 g/mol. The highest BCUT2D eigenvalue weighted by atomic mass is 16.4. The summed E-state index contributed by atoms with van der Waals surface area (Å²) < 4.78 is 1.69. The van der Waals surface area contributed by atoms with Crippen LogP contribution >= 0.6 is 0 Å². The van der Waals surface area contributed by atoms with Crippen LogP contribution in [-0.2, 0) is 0 Å². The number of H-pyrrole nitrogens is 1. The Hall–Kier alpha value is -3.99. The van der Waals surface area contributed by atoms with E-state index in [1.807, 2.05) is 18.3 Å². The second kappa shape index (κ2) is 6.96. The van der Waals surface area contributed by atoms with Crippen LogP contribution in [0.2, 0.25) is 0 Å². The van der Waals surface area contributed by atoms with Gasteiger partial charge in [0.05, 0.1) is 36.0 Å². The maximum Gasteiger partial charge on any atom is 0.335 e. The predicted octanol–water partition coefficient (Wildman–Crippen LogP) is 3.33. The number of aromatic carboxylic acids is 1. The zero-order valence-corrected chi connectivity index (χ0v) is 15.0. The van der Waals surface area contributed by atoms with Crippen molar-refractivity contribution >= 4 is 17.0 Å². The highest BCUT2D eigenvalue weighted by Gasteiger charge is 2.21. The maximum atomic E-state index is 11.5. The van der Waals surface area contributed by atoms with Crippen molar-refractivity contribution in [2.45, 2.75) is 19.4 Å². The number of hydrogen-bond acceptors (Lipinski definition) is 5. The minimum absolute atomic E-state index is 0.161. The van der Waals surface area contributed by atoms with Crippen molar-refractivity contribution in [1.82, 2.24) is 24.7 Å². The first-order valence-electron chi connectivity index (χ1n) is 8.62. The molecule has 138 valence electrons. The van der Waals surface area contributed by atoms with Gasteiger partial charge >= 0.3 is 5.97 Å². The van der Waals surface area contributed by atoms with Crippen LogP contribution in [0.15, 0.2) is 49.2 Å². The Morgan fingerprint density at radius 2 is 2.21 bits per heavy atom. The molecule has 0 aliphatic rings. The van der Waals surface area contributed by atoms with Crippen LogP contribution in [0.1, 0.15) is 33.9 Å². The molecule has 4 rings (SSSR count). The topological polar surface area (TPSA) is 120 Å². The van der Waals surface area contributed by atoms with E-state index in [-0.39, 0.29) is 12.0 Å². The van der Waals surface area contributed by atoms with Crippen molar-refractivity contribution in [3.05, 3.63) is 65.9 Å². The van der Waals surface area contributed by atoms with E-state index in [4.69, 9.17) is 0 Å². The second-order valence-corrected chi connectivity index (χ2v) is 6.37. The first-order chi connectivity index (χ1) is 13.6. The fourth-order valence-corrected chi connectivity index (χ4v) is 3.41. The number of carboxylic acids is 1. The average Bonchev–Trinajstić information content (AvgIpc) is 3.35. The van der Waals surface area contributed by atoms with Crippen molar-refractivity contribution in [2.24, 2.45) is 0 Å². The van der Waals surface area contributed by atoms with Crippen molar-refractivity contribution in [3.8, 4) is 17.3 Å². The van der Waals surface area contributed by atoms with Gasteiger partial charge in [0.1, 0.15) is 12.0 Å². The monoisotopic (exact) mass is 372 g/mol. The van der Waals surface area contributed by atoms with E-state index in [1.165, 1.54) is 6.33 Å². The minimum atomic E-state index is -0.993. The van der Waals surface area contributed by atoms with E-state index >= 15 is 0 Å². The summed E-state index contributed by atoms with van der Waals surface area (Å²) in [5, 5.41) is 24.1. The van der Waals surface area contributed by atoms with Gasteiger partial charge < -0.3 is 10.1 Å².